The van der Waals surface area contributed by atoms with Crippen molar-refractivity contribution in [1.82, 2.24) is 0 Å². The van der Waals surface area contributed by atoms with Crippen LogP contribution in [0.1, 0.15) is 29.6 Å². The van der Waals surface area contributed by atoms with E-state index in [0.717, 1.165) is 38.0 Å². The summed E-state index contributed by atoms with van der Waals surface area (Å²) in [6.45, 7) is 2.92. The number of nitrogens with zero attached hydrogens (tertiary/aromatic N) is 1. The number of amides is 1. The van der Waals surface area contributed by atoms with E-state index in [9.17, 15) is 9.59 Å². The van der Waals surface area contributed by atoms with Gasteiger partial charge in [-0.15, -0.1) is 0 Å². The molecule has 1 amide bonds. The molecule has 124 valence electrons. The van der Waals surface area contributed by atoms with E-state index in [1.54, 1.807) is 12.1 Å². The van der Waals surface area contributed by atoms with E-state index in [-0.39, 0.29) is 11.8 Å². The molecule has 0 radical (unpaired) electrons. The smallest absolute Gasteiger partial charge is 0.340 e. The van der Waals surface area contributed by atoms with Gasteiger partial charge in [-0.05, 0) is 31.0 Å². The van der Waals surface area contributed by atoms with Crippen LogP contribution in [0.3, 0.4) is 0 Å². The molecule has 0 aromatic heterocycles. The summed E-state index contributed by atoms with van der Waals surface area (Å²) in [5.41, 5.74) is 1.85. The lowest BCUT2D eigenvalue weighted by molar-refractivity contribution is -0.122. The van der Waals surface area contributed by atoms with Gasteiger partial charge in [0.25, 0.3) is 0 Å². The number of hydrogen-bond donors (Lipinski definition) is 1. The zero-order chi connectivity index (χ0) is 16.2. The second-order valence-electron chi connectivity index (χ2n) is 5.94. The molecule has 0 bridgehead atoms. The number of esters is 1. The highest BCUT2D eigenvalue weighted by Crippen LogP contribution is 2.30. The van der Waals surface area contributed by atoms with Crippen LogP contribution in [0, 0.1) is 5.92 Å². The molecular weight excluding hydrogens is 296 g/mol. The van der Waals surface area contributed by atoms with Gasteiger partial charge in [0.2, 0.25) is 5.91 Å². The van der Waals surface area contributed by atoms with Crippen LogP contribution in [-0.4, -0.2) is 45.3 Å². The number of benzene rings is 1. The molecule has 1 aliphatic heterocycles. The summed E-state index contributed by atoms with van der Waals surface area (Å²) in [4.78, 5) is 26.4. The SMILES string of the molecule is COC(=O)c1cc(N2CCOCC2)ccc1NC(=O)C1CCC1. The molecule has 0 unspecified atom stereocenters. The fourth-order valence-electron chi connectivity index (χ4n) is 2.84. The first-order chi connectivity index (χ1) is 11.2. The third-order valence-corrected chi connectivity index (χ3v) is 4.52. The maximum absolute atomic E-state index is 12.2. The number of rotatable bonds is 4. The molecule has 6 nitrogen and oxygen atoms in total. The number of carbonyl (C=O) groups excluding carboxylic acids is 2. The van der Waals surface area contributed by atoms with Crippen molar-refractivity contribution in [3.05, 3.63) is 23.8 Å². The number of anilines is 2. The maximum Gasteiger partial charge on any atom is 0.340 e. The molecule has 6 heteroatoms. The van der Waals surface area contributed by atoms with Gasteiger partial charge in [-0.1, -0.05) is 6.42 Å². The predicted octanol–water partition coefficient (Wildman–Crippen LogP) is 2.05. The van der Waals surface area contributed by atoms with Gasteiger partial charge in [0.05, 0.1) is 31.6 Å². The van der Waals surface area contributed by atoms with Crippen LogP contribution in [0.5, 0.6) is 0 Å². The van der Waals surface area contributed by atoms with Crippen LogP contribution in [0.2, 0.25) is 0 Å². The molecule has 23 heavy (non-hydrogen) atoms. The van der Waals surface area contributed by atoms with E-state index in [1.165, 1.54) is 7.11 Å². The predicted molar refractivity (Wildman–Crippen MR) is 86.8 cm³/mol. The minimum atomic E-state index is -0.441. The lowest BCUT2D eigenvalue weighted by Crippen LogP contribution is -2.36. The van der Waals surface area contributed by atoms with Gasteiger partial charge in [0, 0.05) is 24.7 Å². The first-order valence-corrected chi connectivity index (χ1v) is 8.05. The van der Waals surface area contributed by atoms with Crippen LogP contribution in [-0.2, 0) is 14.3 Å². The summed E-state index contributed by atoms with van der Waals surface area (Å²) < 4.78 is 10.2. The van der Waals surface area contributed by atoms with Crippen LogP contribution in [0.25, 0.3) is 0 Å². The van der Waals surface area contributed by atoms with Gasteiger partial charge in [-0.25, -0.2) is 4.79 Å². The summed E-state index contributed by atoms with van der Waals surface area (Å²) in [5.74, 6) is -0.385. The lowest BCUT2D eigenvalue weighted by atomic mass is 9.85. The van der Waals surface area contributed by atoms with Gasteiger partial charge >= 0.3 is 5.97 Å². The summed E-state index contributed by atoms with van der Waals surface area (Å²) >= 11 is 0. The van der Waals surface area contributed by atoms with Crippen molar-refractivity contribution in [3.8, 4) is 0 Å². The molecule has 2 fully saturated rings. The van der Waals surface area contributed by atoms with Gasteiger partial charge in [0.1, 0.15) is 0 Å². The van der Waals surface area contributed by atoms with Crippen molar-refractivity contribution in [1.29, 1.82) is 0 Å². The van der Waals surface area contributed by atoms with Crippen molar-refractivity contribution < 1.29 is 19.1 Å². The Bertz CT molecular complexity index is 592. The van der Waals surface area contributed by atoms with E-state index >= 15 is 0 Å². The second-order valence-corrected chi connectivity index (χ2v) is 5.94. The van der Waals surface area contributed by atoms with Crippen LogP contribution in [0.15, 0.2) is 18.2 Å². The third kappa shape index (κ3) is 3.47. The Morgan fingerprint density at radius 3 is 2.61 bits per heavy atom. The number of nitrogens with one attached hydrogen (secondary N) is 1. The van der Waals surface area contributed by atoms with Crippen molar-refractivity contribution in [2.45, 2.75) is 19.3 Å². The first kappa shape index (κ1) is 15.8. The molecule has 2 aliphatic rings. The Morgan fingerprint density at radius 1 is 1.26 bits per heavy atom. The average molecular weight is 318 g/mol. The molecular formula is C17H22N2O4. The monoisotopic (exact) mass is 318 g/mol. The number of ether oxygens (including phenoxy) is 2. The van der Waals surface area contributed by atoms with Crippen molar-refractivity contribution in [3.63, 3.8) is 0 Å². The van der Waals surface area contributed by atoms with Gasteiger partial charge in [-0.3, -0.25) is 4.79 Å². The van der Waals surface area contributed by atoms with Crippen molar-refractivity contribution in [2.75, 3.05) is 43.6 Å². The molecule has 1 heterocycles. The average Bonchev–Trinajstić information content (AvgIpc) is 2.53. The third-order valence-electron chi connectivity index (χ3n) is 4.52. The summed E-state index contributed by atoms with van der Waals surface area (Å²) in [7, 11) is 1.35. The van der Waals surface area contributed by atoms with E-state index in [1.807, 2.05) is 6.07 Å². The fourth-order valence-corrected chi connectivity index (χ4v) is 2.84. The highest BCUT2D eigenvalue weighted by atomic mass is 16.5. The molecule has 0 spiro atoms. The molecule has 1 aliphatic carbocycles. The number of hydrogen-bond acceptors (Lipinski definition) is 5. The Hall–Kier alpha value is -2.08. The highest BCUT2D eigenvalue weighted by molar-refractivity contribution is 6.02. The molecule has 1 aromatic rings. The molecule has 1 saturated carbocycles. The summed E-state index contributed by atoms with van der Waals surface area (Å²) in [5, 5.41) is 2.87. The molecule has 1 N–H and O–H groups in total. The Morgan fingerprint density at radius 2 is 2.00 bits per heavy atom. The van der Waals surface area contributed by atoms with Crippen LogP contribution >= 0.6 is 0 Å². The number of methoxy groups -OCH3 is 1. The molecule has 3 rings (SSSR count). The van der Waals surface area contributed by atoms with Gasteiger partial charge < -0.3 is 19.7 Å². The first-order valence-electron chi connectivity index (χ1n) is 8.05. The van der Waals surface area contributed by atoms with E-state index in [4.69, 9.17) is 9.47 Å². The van der Waals surface area contributed by atoms with Crippen molar-refractivity contribution in [2.24, 2.45) is 5.92 Å². The summed E-state index contributed by atoms with van der Waals surface area (Å²) in [6, 6.07) is 5.50. The van der Waals surface area contributed by atoms with E-state index in [0.29, 0.717) is 24.5 Å². The molecule has 1 aromatic carbocycles. The van der Waals surface area contributed by atoms with Crippen molar-refractivity contribution >= 4 is 23.3 Å². The normalized spacial score (nSPS) is 18.2. The standard InChI is InChI=1S/C17H22N2O4/c1-22-17(21)14-11-13(19-7-9-23-10-8-19)5-6-15(14)18-16(20)12-3-2-4-12/h5-6,11-12H,2-4,7-10H2,1H3,(H,18,20). The van der Waals surface area contributed by atoms with Gasteiger partial charge in [-0.2, -0.15) is 0 Å². The minimum absolute atomic E-state index is 0.0134. The van der Waals surface area contributed by atoms with Crippen LogP contribution in [0.4, 0.5) is 11.4 Å². The van der Waals surface area contributed by atoms with E-state index in [2.05, 4.69) is 10.2 Å². The lowest BCUT2D eigenvalue weighted by Gasteiger charge is -2.29. The zero-order valence-corrected chi connectivity index (χ0v) is 13.3. The number of carbonyl (C=O) groups is 2. The second kappa shape index (κ2) is 7.00. The summed E-state index contributed by atoms with van der Waals surface area (Å²) in [6.07, 6.45) is 2.94. The Kier molecular flexibility index (Phi) is 4.81. The minimum Gasteiger partial charge on any atom is -0.465 e. The fraction of sp³-hybridized carbons (Fsp3) is 0.529. The number of morpholine rings is 1. The topological polar surface area (TPSA) is 67.9 Å². The Balaban J connectivity index is 1.82. The van der Waals surface area contributed by atoms with Gasteiger partial charge in [0.15, 0.2) is 0 Å². The Labute approximate surface area is 135 Å². The largest absolute Gasteiger partial charge is 0.465 e. The highest BCUT2D eigenvalue weighted by Gasteiger charge is 2.26. The molecule has 0 atom stereocenters. The quantitative estimate of drug-likeness (QED) is 0.861. The van der Waals surface area contributed by atoms with E-state index < -0.39 is 5.97 Å². The zero-order valence-electron chi connectivity index (χ0n) is 13.3. The van der Waals surface area contributed by atoms with Crippen LogP contribution < -0.4 is 10.2 Å². The molecule has 1 saturated heterocycles. The maximum atomic E-state index is 12.2.